The van der Waals surface area contributed by atoms with E-state index in [1.54, 1.807) is 0 Å². The monoisotopic (exact) mass is 214 g/mol. The summed E-state index contributed by atoms with van der Waals surface area (Å²) in [6, 6.07) is 0. The molecule has 0 bridgehead atoms. The van der Waals surface area contributed by atoms with Gasteiger partial charge >= 0.3 is 11.9 Å². The third kappa shape index (κ3) is 15.2. The van der Waals surface area contributed by atoms with Gasteiger partial charge in [-0.2, -0.15) is 0 Å². The molecule has 0 amide bonds. The van der Waals surface area contributed by atoms with E-state index in [2.05, 4.69) is 20.1 Å². The van der Waals surface area contributed by atoms with Crippen LogP contribution in [0.2, 0.25) is 0 Å². The molecule has 0 spiro atoms. The Morgan fingerprint density at radius 3 is 2.13 bits per heavy atom. The highest BCUT2D eigenvalue weighted by atomic mass is 16.5. The number of esters is 1. The van der Waals surface area contributed by atoms with E-state index in [0.717, 1.165) is 18.9 Å². The number of carboxylic acid groups (broad SMARTS) is 1. The van der Waals surface area contributed by atoms with E-state index in [-0.39, 0.29) is 12.1 Å². The van der Waals surface area contributed by atoms with Gasteiger partial charge in [-0.3, -0.25) is 0 Å². The van der Waals surface area contributed by atoms with Crippen molar-refractivity contribution in [2.24, 2.45) is 0 Å². The van der Waals surface area contributed by atoms with Crippen LogP contribution in [0.5, 0.6) is 0 Å². The molecule has 0 aromatic carbocycles. The molecule has 1 N–H and O–H groups in total. The maximum atomic E-state index is 10.6. The Labute approximate surface area is 90.2 Å². The molecule has 15 heavy (non-hydrogen) atoms. The molecule has 0 heterocycles. The molecule has 0 saturated carbocycles. The molecule has 0 saturated heterocycles. The van der Waals surface area contributed by atoms with Gasteiger partial charge in [-0.1, -0.05) is 26.5 Å². The molecule has 0 aromatic rings. The summed E-state index contributed by atoms with van der Waals surface area (Å²) in [7, 11) is 0. The first-order valence-corrected chi connectivity index (χ1v) is 4.66. The number of carbonyl (C=O) groups excluding carboxylic acids is 1. The number of carboxylic acids is 1. The molecule has 0 aliphatic rings. The molecule has 0 aromatic heterocycles. The second-order valence-electron chi connectivity index (χ2n) is 2.78. The van der Waals surface area contributed by atoms with Crippen LogP contribution < -0.4 is 0 Å². The van der Waals surface area contributed by atoms with E-state index in [1.807, 2.05) is 6.92 Å². The lowest BCUT2D eigenvalue weighted by molar-refractivity contribution is -0.142. The first kappa shape index (κ1) is 15.9. The van der Waals surface area contributed by atoms with E-state index in [1.165, 1.54) is 6.08 Å². The fraction of sp³-hybridized carbons (Fsp3) is 0.455. The largest absolute Gasteiger partial charge is 0.478 e. The van der Waals surface area contributed by atoms with Gasteiger partial charge in [0, 0.05) is 12.2 Å². The maximum absolute atomic E-state index is 10.6. The van der Waals surface area contributed by atoms with Crippen LogP contribution >= 0.6 is 0 Å². The average Bonchev–Trinajstić information content (AvgIpc) is 2.18. The van der Waals surface area contributed by atoms with E-state index in [9.17, 15) is 9.59 Å². The Morgan fingerprint density at radius 2 is 1.87 bits per heavy atom. The van der Waals surface area contributed by atoms with Crippen molar-refractivity contribution in [1.29, 1.82) is 0 Å². The predicted molar refractivity (Wildman–Crippen MR) is 58.5 cm³/mol. The van der Waals surface area contributed by atoms with Crippen LogP contribution in [0.4, 0.5) is 0 Å². The first-order chi connectivity index (χ1) is 6.97. The Balaban J connectivity index is 0. The van der Waals surface area contributed by atoms with Crippen molar-refractivity contribution >= 4 is 11.9 Å². The van der Waals surface area contributed by atoms with Crippen molar-refractivity contribution in [3.05, 3.63) is 25.3 Å². The van der Waals surface area contributed by atoms with Gasteiger partial charge in [0.05, 0.1) is 6.10 Å². The number of rotatable bonds is 5. The smallest absolute Gasteiger partial charge is 0.330 e. The molecule has 4 nitrogen and oxygen atoms in total. The number of hydrogen-bond donors (Lipinski definition) is 1. The average molecular weight is 214 g/mol. The summed E-state index contributed by atoms with van der Waals surface area (Å²) in [6.45, 7) is 10.2. The summed E-state index contributed by atoms with van der Waals surface area (Å²) in [5.41, 5.74) is 0. The SMILES string of the molecule is C=CC(=O)O.C=CC(=O)OC(C)CCC. The van der Waals surface area contributed by atoms with Gasteiger partial charge in [0.25, 0.3) is 0 Å². The van der Waals surface area contributed by atoms with Crippen molar-refractivity contribution in [2.45, 2.75) is 32.8 Å². The number of aliphatic carboxylic acids is 1. The molecule has 1 atom stereocenters. The van der Waals surface area contributed by atoms with Crippen molar-refractivity contribution < 1.29 is 19.4 Å². The fourth-order valence-corrected chi connectivity index (χ4v) is 0.712. The lowest BCUT2D eigenvalue weighted by Crippen LogP contribution is -2.11. The molecule has 86 valence electrons. The van der Waals surface area contributed by atoms with Crippen LogP contribution in [0, 0.1) is 0 Å². The van der Waals surface area contributed by atoms with Crippen LogP contribution in [0.1, 0.15) is 26.7 Å². The minimum atomic E-state index is -0.981. The van der Waals surface area contributed by atoms with Gasteiger partial charge in [-0.25, -0.2) is 9.59 Å². The first-order valence-electron chi connectivity index (χ1n) is 4.66. The van der Waals surface area contributed by atoms with Gasteiger partial charge in [-0.05, 0) is 13.3 Å². The minimum absolute atomic E-state index is 0.0236. The topological polar surface area (TPSA) is 63.6 Å². The summed E-state index contributed by atoms with van der Waals surface area (Å²) in [5.74, 6) is -1.31. The molecule has 0 aliphatic heterocycles. The number of hydrogen-bond acceptors (Lipinski definition) is 3. The summed E-state index contributed by atoms with van der Waals surface area (Å²) in [5, 5.41) is 7.60. The zero-order valence-corrected chi connectivity index (χ0v) is 9.23. The van der Waals surface area contributed by atoms with Crippen LogP contribution in [-0.2, 0) is 14.3 Å². The summed E-state index contributed by atoms with van der Waals surface area (Å²) < 4.78 is 4.88. The van der Waals surface area contributed by atoms with Gasteiger partial charge in [0.15, 0.2) is 0 Å². The van der Waals surface area contributed by atoms with E-state index in [4.69, 9.17) is 9.84 Å². The van der Waals surface area contributed by atoms with Crippen LogP contribution in [0.3, 0.4) is 0 Å². The standard InChI is InChI=1S/C8H14O2.C3H4O2/c1-4-6-7(3)10-8(9)5-2;1-2-3(4)5/h5,7H,2,4,6H2,1,3H3;2H,1H2,(H,4,5). The quantitative estimate of drug-likeness (QED) is 0.562. The molecule has 1 unspecified atom stereocenters. The Kier molecular flexibility index (Phi) is 11.1. The van der Waals surface area contributed by atoms with Crippen LogP contribution in [0.25, 0.3) is 0 Å². The molecular weight excluding hydrogens is 196 g/mol. The number of carbonyl (C=O) groups is 2. The van der Waals surface area contributed by atoms with Gasteiger partial charge < -0.3 is 9.84 Å². The lowest BCUT2D eigenvalue weighted by atomic mass is 10.2. The predicted octanol–water partition coefficient (Wildman–Crippen LogP) is 2.16. The molecule has 4 heteroatoms. The third-order valence-corrected chi connectivity index (χ3v) is 1.35. The highest BCUT2D eigenvalue weighted by Crippen LogP contribution is 2.00. The van der Waals surface area contributed by atoms with Crippen molar-refractivity contribution in [3.63, 3.8) is 0 Å². The van der Waals surface area contributed by atoms with E-state index >= 15 is 0 Å². The Hall–Kier alpha value is -1.58. The maximum Gasteiger partial charge on any atom is 0.330 e. The zero-order chi connectivity index (χ0) is 12.3. The minimum Gasteiger partial charge on any atom is -0.478 e. The summed E-state index contributed by atoms with van der Waals surface area (Å²) in [4.78, 5) is 19.8. The normalized spacial score (nSPS) is 10.3. The van der Waals surface area contributed by atoms with Gasteiger partial charge in [0.1, 0.15) is 0 Å². The van der Waals surface area contributed by atoms with E-state index < -0.39 is 5.97 Å². The molecule has 0 fully saturated rings. The molecule has 0 aliphatic carbocycles. The van der Waals surface area contributed by atoms with Crippen molar-refractivity contribution in [3.8, 4) is 0 Å². The highest BCUT2D eigenvalue weighted by Gasteiger charge is 2.03. The lowest BCUT2D eigenvalue weighted by Gasteiger charge is -2.09. The van der Waals surface area contributed by atoms with Crippen molar-refractivity contribution in [1.82, 2.24) is 0 Å². The fourth-order valence-electron chi connectivity index (χ4n) is 0.712. The second kappa shape index (κ2) is 10.5. The number of ether oxygens (including phenoxy) is 1. The van der Waals surface area contributed by atoms with Crippen LogP contribution in [-0.4, -0.2) is 23.1 Å². The Morgan fingerprint density at radius 1 is 1.40 bits per heavy atom. The van der Waals surface area contributed by atoms with Gasteiger partial charge in [-0.15, -0.1) is 0 Å². The van der Waals surface area contributed by atoms with E-state index in [0.29, 0.717) is 0 Å². The summed E-state index contributed by atoms with van der Waals surface area (Å²) in [6.07, 6.45) is 3.99. The third-order valence-electron chi connectivity index (χ3n) is 1.35. The van der Waals surface area contributed by atoms with Crippen LogP contribution in [0.15, 0.2) is 25.3 Å². The molecular formula is C11H18O4. The molecule has 0 radical (unpaired) electrons. The Bertz CT molecular complexity index is 221. The zero-order valence-electron chi connectivity index (χ0n) is 9.23. The second-order valence-corrected chi connectivity index (χ2v) is 2.78. The highest BCUT2D eigenvalue weighted by molar-refractivity contribution is 5.81. The molecule has 0 rings (SSSR count). The van der Waals surface area contributed by atoms with Gasteiger partial charge in [0.2, 0.25) is 0 Å². The summed E-state index contributed by atoms with van der Waals surface area (Å²) >= 11 is 0. The van der Waals surface area contributed by atoms with Crippen molar-refractivity contribution in [2.75, 3.05) is 0 Å².